The first-order valence-corrected chi connectivity index (χ1v) is 7.84. The molecule has 0 aromatic heterocycles. The molecule has 0 unspecified atom stereocenters. The van der Waals surface area contributed by atoms with Crippen LogP contribution in [0.3, 0.4) is 0 Å². The number of ether oxygens (including phenoxy) is 2. The van der Waals surface area contributed by atoms with Crippen LogP contribution in [-0.4, -0.2) is 30.4 Å². The second-order valence-electron chi connectivity index (χ2n) is 5.49. The summed E-state index contributed by atoms with van der Waals surface area (Å²) in [5, 5.41) is 9.06. The van der Waals surface area contributed by atoms with Crippen molar-refractivity contribution in [1.82, 2.24) is 0 Å². The number of carboxylic acid groups (broad SMARTS) is 1. The maximum atomic E-state index is 11.0. The van der Waals surface area contributed by atoms with E-state index in [4.69, 9.17) is 14.6 Å². The SMILES string of the molecule is O=C(O)c1ccccc1OCCCOC1CCCCCC1. The van der Waals surface area contributed by atoms with Gasteiger partial charge < -0.3 is 14.6 Å². The molecule has 1 aliphatic carbocycles. The summed E-state index contributed by atoms with van der Waals surface area (Å²) in [6.45, 7) is 1.16. The van der Waals surface area contributed by atoms with E-state index in [0.717, 1.165) is 6.42 Å². The molecule has 1 N–H and O–H groups in total. The molecule has 1 saturated carbocycles. The van der Waals surface area contributed by atoms with E-state index in [1.807, 2.05) is 0 Å². The van der Waals surface area contributed by atoms with Crippen LogP contribution in [0.4, 0.5) is 0 Å². The highest BCUT2D eigenvalue weighted by Gasteiger charge is 2.12. The standard InChI is InChI=1S/C17H24O4/c18-17(19)15-10-5-6-11-16(15)21-13-7-12-20-14-8-3-1-2-4-9-14/h5-6,10-11,14H,1-4,7-9,12-13H2,(H,18,19). The van der Waals surface area contributed by atoms with Gasteiger partial charge in [0.1, 0.15) is 11.3 Å². The summed E-state index contributed by atoms with van der Waals surface area (Å²) in [6, 6.07) is 6.73. The van der Waals surface area contributed by atoms with Crippen LogP contribution in [-0.2, 0) is 4.74 Å². The quantitative estimate of drug-likeness (QED) is 0.612. The first kappa shape index (κ1) is 15.8. The Bertz CT molecular complexity index is 436. The van der Waals surface area contributed by atoms with E-state index in [1.54, 1.807) is 24.3 Å². The van der Waals surface area contributed by atoms with Crippen molar-refractivity contribution in [3.63, 3.8) is 0 Å². The molecule has 1 aliphatic rings. The van der Waals surface area contributed by atoms with Gasteiger partial charge in [0.15, 0.2) is 0 Å². The zero-order chi connectivity index (χ0) is 14.9. The van der Waals surface area contributed by atoms with E-state index in [1.165, 1.54) is 38.5 Å². The number of aromatic carboxylic acids is 1. The molecule has 0 aliphatic heterocycles. The lowest BCUT2D eigenvalue weighted by Crippen LogP contribution is -2.14. The van der Waals surface area contributed by atoms with Gasteiger partial charge in [-0.1, -0.05) is 37.8 Å². The molecular weight excluding hydrogens is 268 g/mol. The highest BCUT2D eigenvalue weighted by Crippen LogP contribution is 2.20. The average molecular weight is 292 g/mol. The van der Waals surface area contributed by atoms with Crippen molar-refractivity contribution in [3.05, 3.63) is 29.8 Å². The average Bonchev–Trinajstić information content (AvgIpc) is 2.76. The van der Waals surface area contributed by atoms with Crippen molar-refractivity contribution in [2.75, 3.05) is 13.2 Å². The van der Waals surface area contributed by atoms with Crippen LogP contribution in [0.15, 0.2) is 24.3 Å². The Morgan fingerprint density at radius 1 is 1.10 bits per heavy atom. The molecule has 2 rings (SSSR count). The fourth-order valence-electron chi connectivity index (χ4n) is 2.67. The molecule has 0 saturated heterocycles. The number of rotatable bonds is 7. The van der Waals surface area contributed by atoms with Gasteiger partial charge in [-0.3, -0.25) is 0 Å². The van der Waals surface area contributed by atoms with Crippen LogP contribution in [0.2, 0.25) is 0 Å². The second-order valence-corrected chi connectivity index (χ2v) is 5.49. The third-order valence-corrected chi connectivity index (χ3v) is 3.82. The second kappa shape index (κ2) is 8.67. The number of para-hydroxylation sites is 1. The topological polar surface area (TPSA) is 55.8 Å². The van der Waals surface area contributed by atoms with Crippen LogP contribution >= 0.6 is 0 Å². The van der Waals surface area contributed by atoms with Gasteiger partial charge in [-0.15, -0.1) is 0 Å². The van der Waals surface area contributed by atoms with Crippen LogP contribution in [0, 0.1) is 0 Å². The van der Waals surface area contributed by atoms with E-state index in [2.05, 4.69) is 0 Å². The van der Waals surface area contributed by atoms with Gasteiger partial charge in [-0.2, -0.15) is 0 Å². The van der Waals surface area contributed by atoms with Gasteiger partial charge in [-0.05, 0) is 25.0 Å². The molecule has 4 nitrogen and oxygen atoms in total. The third kappa shape index (κ3) is 5.38. The molecule has 0 spiro atoms. The summed E-state index contributed by atoms with van der Waals surface area (Å²) in [5.74, 6) is -0.528. The summed E-state index contributed by atoms with van der Waals surface area (Å²) in [4.78, 5) is 11.0. The Morgan fingerprint density at radius 2 is 1.81 bits per heavy atom. The predicted octanol–water partition coefficient (Wildman–Crippen LogP) is 3.89. The maximum Gasteiger partial charge on any atom is 0.339 e. The molecule has 4 heteroatoms. The minimum Gasteiger partial charge on any atom is -0.493 e. The third-order valence-electron chi connectivity index (χ3n) is 3.82. The van der Waals surface area contributed by atoms with Crippen LogP contribution in [0.5, 0.6) is 5.75 Å². The van der Waals surface area contributed by atoms with Gasteiger partial charge in [0.25, 0.3) is 0 Å². The fourth-order valence-corrected chi connectivity index (χ4v) is 2.67. The predicted molar refractivity (Wildman–Crippen MR) is 81.0 cm³/mol. The lowest BCUT2D eigenvalue weighted by molar-refractivity contribution is 0.0363. The molecule has 0 heterocycles. The normalized spacial score (nSPS) is 16.4. The molecule has 1 fully saturated rings. The molecule has 0 radical (unpaired) electrons. The van der Waals surface area contributed by atoms with Crippen LogP contribution in [0.25, 0.3) is 0 Å². The molecule has 1 aromatic carbocycles. The minimum absolute atomic E-state index is 0.210. The van der Waals surface area contributed by atoms with Crippen molar-refractivity contribution < 1.29 is 19.4 Å². The zero-order valence-corrected chi connectivity index (χ0v) is 12.4. The monoisotopic (exact) mass is 292 g/mol. The number of carbonyl (C=O) groups is 1. The van der Waals surface area contributed by atoms with Gasteiger partial charge in [0.05, 0.1) is 19.3 Å². The fraction of sp³-hybridized carbons (Fsp3) is 0.588. The van der Waals surface area contributed by atoms with Gasteiger partial charge in [0.2, 0.25) is 0 Å². The minimum atomic E-state index is -0.958. The van der Waals surface area contributed by atoms with Crippen molar-refractivity contribution in [3.8, 4) is 5.75 Å². The van der Waals surface area contributed by atoms with Gasteiger partial charge in [0, 0.05) is 6.42 Å². The summed E-state index contributed by atoms with van der Waals surface area (Å²) in [6.07, 6.45) is 8.72. The lowest BCUT2D eigenvalue weighted by Gasteiger charge is -2.15. The lowest BCUT2D eigenvalue weighted by atomic mass is 10.1. The smallest absolute Gasteiger partial charge is 0.339 e. The van der Waals surface area contributed by atoms with Crippen LogP contribution in [0.1, 0.15) is 55.3 Å². The Morgan fingerprint density at radius 3 is 2.52 bits per heavy atom. The Kier molecular flexibility index (Phi) is 6.54. The Hall–Kier alpha value is -1.55. The van der Waals surface area contributed by atoms with Crippen molar-refractivity contribution >= 4 is 5.97 Å². The molecule has 21 heavy (non-hydrogen) atoms. The van der Waals surface area contributed by atoms with Crippen molar-refractivity contribution in [2.45, 2.75) is 51.0 Å². The van der Waals surface area contributed by atoms with E-state index in [-0.39, 0.29) is 5.56 Å². The molecular formula is C17H24O4. The largest absolute Gasteiger partial charge is 0.493 e. The molecule has 0 bridgehead atoms. The van der Waals surface area contributed by atoms with E-state index in [0.29, 0.717) is 25.1 Å². The summed E-state index contributed by atoms with van der Waals surface area (Å²) >= 11 is 0. The van der Waals surface area contributed by atoms with Crippen LogP contribution < -0.4 is 4.74 Å². The maximum absolute atomic E-state index is 11.0. The first-order valence-electron chi connectivity index (χ1n) is 7.84. The highest BCUT2D eigenvalue weighted by molar-refractivity contribution is 5.90. The van der Waals surface area contributed by atoms with Gasteiger partial charge >= 0.3 is 5.97 Å². The Balaban J connectivity index is 1.66. The number of benzene rings is 1. The summed E-state index contributed by atoms with van der Waals surface area (Å²) in [7, 11) is 0. The number of hydrogen-bond acceptors (Lipinski definition) is 3. The van der Waals surface area contributed by atoms with Crippen molar-refractivity contribution in [1.29, 1.82) is 0 Å². The molecule has 116 valence electrons. The zero-order valence-electron chi connectivity index (χ0n) is 12.4. The Labute approximate surface area is 126 Å². The summed E-state index contributed by atoms with van der Waals surface area (Å²) in [5.41, 5.74) is 0.210. The molecule has 1 aromatic rings. The highest BCUT2D eigenvalue weighted by atomic mass is 16.5. The van der Waals surface area contributed by atoms with E-state index >= 15 is 0 Å². The molecule has 0 amide bonds. The summed E-state index contributed by atoms with van der Waals surface area (Å²) < 4.78 is 11.4. The van der Waals surface area contributed by atoms with Gasteiger partial charge in [-0.25, -0.2) is 4.79 Å². The molecule has 0 atom stereocenters. The van der Waals surface area contributed by atoms with Crippen molar-refractivity contribution in [2.24, 2.45) is 0 Å². The number of hydrogen-bond donors (Lipinski definition) is 1. The van der Waals surface area contributed by atoms with E-state index < -0.39 is 5.97 Å². The first-order chi connectivity index (χ1) is 10.3. The number of carboxylic acids is 1. The van der Waals surface area contributed by atoms with E-state index in [9.17, 15) is 4.79 Å².